The fourth-order valence-corrected chi connectivity index (χ4v) is 2.21. The molecule has 0 saturated heterocycles. The van der Waals surface area contributed by atoms with Crippen molar-refractivity contribution >= 4 is 11.9 Å². The molecule has 0 unspecified atom stereocenters. The van der Waals surface area contributed by atoms with Crippen LogP contribution < -0.4 is 0 Å². The highest BCUT2D eigenvalue weighted by Crippen LogP contribution is 2.28. The van der Waals surface area contributed by atoms with E-state index < -0.39 is 11.9 Å². The van der Waals surface area contributed by atoms with Gasteiger partial charge in [-0.25, -0.2) is 9.59 Å². The van der Waals surface area contributed by atoms with Crippen molar-refractivity contribution in [2.75, 3.05) is 13.2 Å². The number of rotatable bonds is 5. The van der Waals surface area contributed by atoms with E-state index in [0.29, 0.717) is 35.5 Å². The molecule has 0 aromatic heterocycles. The first kappa shape index (κ1) is 15.8. The van der Waals surface area contributed by atoms with Crippen molar-refractivity contribution in [2.24, 2.45) is 0 Å². The summed E-state index contributed by atoms with van der Waals surface area (Å²) in [5.41, 5.74) is 2.18. The molecule has 0 aliphatic heterocycles. The summed E-state index contributed by atoms with van der Waals surface area (Å²) < 4.78 is 10.2. The van der Waals surface area contributed by atoms with Crippen molar-refractivity contribution in [1.29, 1.82) is 0 Å². The van der Waals surface area contributed by atoms with Crippen molar-refractivity contribution in [1.82, 2.24) is 0 Å². The Hall–Kier alpha value is -2.62. The SMILES string of the molecule is CCOC(=O)c1ccccc1-c1ccccc1C(=O)OCC. The van der Waals surface area contributed by atoms with Crippen molar-refractivity contribution in [3.8, 4) is 11.1 Å². The van der Waals surface area contributed by atoms with Gasteiger partial charge in [-0.2, -0.15) is 0 Å². The topological polar surface area (TPSA) is 52.6 Å². The number of ether oxygens (including phenoxy) is 2. The first-order valence-electron chi connectivity index (χ1n) is 7.21. The number of esters is 2. The van der Waals surface area contributed by atoms with Crippen LogP contribution in [0.4, 0.5) is 0 Å². The fourth-order valence-electron chi connectivity index (χ4n) is 2.21. The molecular formula is C18H18O4. The normalized spacial score (nSPS) is 10.1. The highest BCUT2D eigenvalue weighted by Gasteiger charge is 2.18. The molecule has 0 N–H and O–H groups in total. The lowest BCUT2D eigenvalue weighted by Gasteiger charge is -2.12. The van der Waals surface area contributed by atoms with Gasteiger partial charge in [0, 0.05) is 0 Å². The Morgan fingerprint density at radius 3 is 1.45 bits per heavy atom. The van der Waals surface area contributed by atoms with Crippen LogP contribution in [0.2, 0.25) is 0 Å². The zero-order chi connectivity index (χ0) is 15.9. The number of hydrogen-bond acceptors (Lipinski definition) is 4. The number of carbonyl (C=O) groups is 2. The molecule has 0 aliphatic rings. The molecule has 0 amide bonds. The van der Waals surface area contributed by atoms with Gasteiger partial charge in [-0.1, -0.05) is 36.4 Å². The van der Waals surface area contributed by atoms with E-state index in [0.717, 1.165) is 0 Å². The Kier molecular flexibility index (Phi) is 5.31. The Morgan fingerprint density at radius 1 is 0.727 bits per heavy atom. The summed E-state index contributed by atoms with van der Waals surface area (Å²) in [6.07, 6.45) is 0. The van der Waals surface area contributed by atoms with E-state index in [-0.39, 0.29) is 0 Å². The van der Waals surface area contributed by atoms with Gasteiger partial charge in [0.1, 0.15) is 0 Å². The minimum atomic E-state index is -0.406. The molecular weight excluding hydrogens is 280 g/mol. The van der Waals surface area contributed by atoms with Crippen LogP contribution in [0.15, 0.2) is 48.5 Å². The first-order valence-corrected chi connectivity index (χ1v) is 7.21. The van der Waals surface area contributed by atoms with Crippen molar-refractivity contribution < 1.29 is 19.1 Å². The second-order valence-corrected chi connectivity index (χ2v) is 4.53. The third-order valence-electron chi connectivity index (χ3n) is 3.13. The largest absolute Gasteiger partial charge is 0.462 e. The fraction of sp³-hybridized carbons (Fsp3) is 0.222. The molecule has 0 radical (unpaired) electrons. The van der Waals surface area contributed by atoms with Gasteiger partial charge in [0.2, 0.25) is 0 Å². The summed E-state index contributed by atoms with van der Waals surface area (Å²) in [6.45, 7) is 4.11. The van der Waals surface area contributed by atoms with Gasteiger partial charge in [0.15, 0.2) is 0 Å². The molecule has 0 atom stereocenters. The Balaban J connectivity index is 2.53. The van der Waals surface area contributed by atoms with Gasteiger partial charge < -0.3 is 9.47 Å². The molecule has 0 saturated carbocycles. The third-order valence-corrected chi connectivity index (χ3v) is 3.13. The summed E-state index contributed by atoms with van der Waals surface area (Å²) in [6, 6.07) is 14.1. The molecule has 114 valence electrons. The van der Waals surface area contributed by atoms with E-state index in [1.54, 1.807) is 50.2 Å². The summed E-state index contributed by atoms with van der Waals surface area (Å²) in [7, 11) is 0. The second kappa shape index (κ2) is 7.41. The monoisotopic (exact) mass is 298 g/mol. The van der Waals surface area contributed by atoms with Crippen LogP contribution in [0, 0.1) is 0 Å². The predicted molar refractivity (Wildman–Crippen MR) is 83.8 cm³/mol. The van der Waals surface area contributed by atoms with Crippen molar-refractivity contribution in [3.63, 3.8) is 0 Å². The number of benzene rings is 2. The van der Waals surface area contributed by atoms with E-state index in [9.17, 15) is 9.59 Å². The zero-order valence-electron chi connectivity index (χ0n) is 12.7. The van der Waals surface area contributed by atoms with E-state index in [4.69, 9.17) is 9.47 Å². The van der Waals surface area contributed by atoms with Gasteiger partial charge in [0.25, 0.3) is 0 Å². The minimum absolute atomic E-state index is 0.298. The third kappa shape index (κ3) is 3.34. The van der Waals surface area contributed by atoms with Crippen LogP contribution in [0.25, 0.3) is 11.1 Å². The van der Waals surface area contributed by atoms with Crippen LogP contribution in [-0.2, 0) is 9.47 Å². The molecule has 2 aromatic rings. The molecule has 0 heterocycles. The highest BCUT2D eigenvalue weighted by atomic mass is 16.5. The Morgan fingerprint density at radius 2 is 1.09 bits per heavy atom. The smallest absolute Gasteiger partial charge is 0.338 e. The van der Waals surface area contributed by atoms with E-state index in [1.807, 2.05) is 12.1 Å². The molecule has 2 rings (SSSR count). The molecule has 0 bridgehead atoms. The molecule has 0 spiro atoms. The zero-order valence-corrected chi connectivity index (χ0v) is 12.7. The molecule has 2 aromatic carbocycles. The van der Waals surface area contributed by atoms with Crippen LogP contribution in [-0.4, -0.2) is 25.2 Å². The van der Waals surface area contributed by atoms with Crippen LogP contribution in [0.3, 0.4) is 0 Å². The van der Waals surface area contributed by atoms with Crippen LogP contribution >= 0.6 is 0 Å². The Bertz CT molecular complexity index is 617. The van der Waals surface area contributed by atoms with Gasteiger partial charge >= 0.3 is 11.9 Å². The number of carbonyl (C=O) groups excluding carboxylic acids is 2. The van der Waals surface area contributed by atoms with Crippen LogP contribution in [0.5, 0.6) is 0 Å². The first-order chi connectivity index (χ1) is 10.7. The number of hydrogen-bond donors (Lipinski definition) is 0. The molecule has 4 nitrogen and oxygen atoms in total. The summed E-state index contributed by atoms with van der Waals surface area (Å²) >= 11 is 0. The quantitative estimate of drug-likeness (QED) is 0.790. The van der Waals surface area contributed by atoms with E-state index in [2.05, 4.69) is 0 Å². The predicted octanol–water partition coefficient (Wildman–Crippen LogP) is 3.71. The van der Waals surface area contributed by atoms with Crippen molar-refractivity contribution in [3.05, 3.63) is 59.7 Å². The maximum absolute atomic E-state index is 12.1. The molecule has 0 fully saturated rings. The molecule has 4 heteroatoms. The summed E-state index contributed by atoms with van der Waals surface area (Å²) in [5.74, 6) is -0.812. The molecule has 0 aliphatic carbocycles. The van der Waals surface area contributed by atoms with Gasteiger partial charge in [-0.3, -0.25) is 0 Å². The summed E-state index contributed by atoms with van der Waals surface area (Å²) in [5, 5.41) is 0. The second-order valence-electron chi connectivity index (χ2n) is 4.53. The lowest BCUT2D eigenvalue weighted by Crippen LogP contribution is -2.09. The maximum atomic E-state index is 12.1. The maximum Gasteiger partial charge on any atom is 0.338 e. The average molecular weight is 298 g/mol. The van der Waals surface area contributed by atoms with Gasteiger partial charge in [-0.05, 0) is 37.1 Å². The Labute approximate surface area is 129 Å². The van der Waals surface area contributed by atoms with Gasteiger partial charge in [0.05, 0.1) is 24.3 Å². The average Bonchev–Trinajstić information content (AvgIpc) is 2.55. The minimum Gasteiger partial charge on any atom is -0.462 e. The van der Waals surface area contributed by atoms with E-state index >= 15 is 0 Å². The van der Waals surface area contributed by atoms with E-state index in [1.165, 1.54) is 0 Å². The highest BCUT2D eigenvalue weighted by molar-refractivity contribution is 6.03. The van der Waals surface area contributed by atoms with Crippen molar-refractivity contribution in [2.45, 2.75) is 13.8 Å². The lowest BCUT2D eigenvalue weighted by molar-refractivity contribution is 0.0515. The molecule has 22 heavy (non-hydrogen) atoms. The standard InChI is InChI=1S/C18H18O4/c1-3-21-17(19)15-11-7-5-9-13(15)14-10-6-8-12-16(14)18(20)22-4-2/h5-12H,3-4H2,1-2H3. The van der Waals surface area contributed by atoms with Crippen LogP contribution in [0.1, 0.15) is 34.6 Å². The summed E-state index contributed by atoms with van der Waals surface area (Å²) in [4.78, 5) is 24.2. The van der Waals surface area contributed by atoms with Gasteiger partial charge in [-0.15, -0.1) is 0 Å². The lowest BCUT2D eigenvalue weighted by atomic mass is 9.95.